The summed E-state index contributed by atoms with van der Waals surface area (Å²) < 4.78 is 10.4. The van der Waals surface area contributed by atoms with Gasteiger partial charge in [0.1, 0.15) is 5.75 Å². The van der Waals surface area contributed by atoms with Crippen LogP contribution in [-0.2, 0) is 0 Å². The molecule has 4 heteroatoms. The van der Waals surface area contributed by atoms with Crippen LogP contribution in [0.1, 0.15) is 22.8 Å². The number of ether oxygens (including phenoxy) is 2. The van der Waals surface area contributed by atoms with Crippen LogP contribution >= 0.6 is 0 Å². The van der Waals surface area contributed by atoms with Gasteiger partial charge in [0.05, 0.1) is 13.7 Å². The fourth-order valence-corrected chi connectivity index (χ4v) is 1.95. The van der Waals surface area contributed by atoms with Crippen molar-refractivity contribution in [1.82, 2.24) is 0 Å². The molecule has 0 heterocycles. The lowest BCUT2D eigenvalue weighted by Gasteiger charge is -2.04. The van der Waals surface area contributed by atoms with E-state index in [-0.39, 0.29) is 11.5 Å². The van der Waals surface area contributed by atoms with Gasteiger partial charge in [0, 0.05) is 5.56 Å². The number of phenolic OH excluding ortho intramolecular Hbond substituents is 1. The number of phenols is 1. The lowest BCUT2D eigenvalue weighted by Crippen LogP contribution is -1.95. The molecule has 22 heavy (non-hydrogen) atoms. The molecule has 0 atom stereocenters. The maximum absolute atomic E-state index is 12.1. The Morgan fingerprint density at radius 2 is 1.91 bits per heavy atom. The molecule has 0 radical (unpaired) electrons. The van der Waals surface area contributed by atoms with Gasteiger partial charge in [-0.2, -0.15) is 0 Å². The third-order valence-corrected chi connectivity index (χ3v) is 3.08. The zero-order valence-electron chi connectivity index (χ0n) is 12.6. The van der Waals surface area contributed by atoms with E-state index in [2.05, 4.69) is 0 Å². The zero-order chi connectivity index (χ0) is 15.9. The fraction of sp³-hybridized carbons (Fsp3) is 0.167. The molecule has 0 saturated carbocycles. The van der Waals surface area contributed by atoms with Crippen molar-refractivity contribution < 1.29 is 19.4 Å². The number of carbonyl (C=O) groups excluding carboxylic acids is 1. The number of carbonyl (C=O) groups is 1. The highest BCUT2D eigenvalue weighted by Crippen LogP contribution is 2.26. The maximum atomic E-state index is 12.1. The van der Waals surface area contributed by atoms with Gasteiger partial charge >= 0.3 is 0 Å². The Morgan fingerprint density at radius 3 is 2.55 bits per heavy atom. The van der Waals surface area contributed by atoms with Gasteiger partial charge < -0.3 is 14.6 Å². The summed E-state index contributed by atoms with van der Waals surface area (Å²) in [6.45, 7) is 2.50. The van der Waals surface area contributed by atoms with Crippen molar-refractivity contribution in [3.63, 3.8) is 0 Å². The smallest absolute Gasteiger partial charge is 0.185 e. The van der Waals surface area contributed by atoms with Gasteiger partial charge in [-0.15, -0.1) is 0 Å². The molecule has 114 valence electrons. The minimum atomic E-state index is -0.102. The summed E-state index contributed by atoms with van der Waals surface area (Å²) in [6, 6.07) is 11.9. The van der Waals surface area contributed by atoms with Crippen molar-refractivity contribution in [2.24, 2.45) is 0 Å². The Kier molecular flexibility index (Phi) is 5.20. The van der Waals surface area contributed by atoms with E-state index in [1.165, 1.54) is 19.3 Å². The van der Waals surface area contributed by atoms with Gasteiger partial charge in [-0.1, -0.05) is 12.1 Å². The van der Waals surface area contributed by atoms with Crippen molar-refractivity contribution in [2.45, 2.75) is 6.92 Å². The van der Waals surface area contributed by atoms with E-state index in [0.29, 0.717) is 17.9 Å². The second kappa shape index (κ2) is 7.31. The van der Waals surface area contributed by atoms with E-state index >= 15 is 0 Å². The molecule has 0 aliphatic carbocycles. The molecule has 0 amide bonds. The lowest BCUT2D eigenvalue weighted by atomic mass is 10.1. The van der Waals surface area contributed by atoms with E-state index in [9.17, 15) is 9.90 Å². The number of hydrogen-bond donors (Lipinski definition) is 1. The third kappa shape index (κ3) is 3.88. The van der Waals surface area contributed by atoms with Crippen LogP contribution in [0.3, 0.4) is 0 Å². The van der Waals surface area contributed by atoms with Crippen LogP contribution in [0.15, 0.2) is 48.5 Å². The molecular weight excluding hydrogens is 280 g/mol. The first-order chi connectivity index (χ1) is 10.6. The molecule has 0 unspecified atom stereocenters. The van der Waals surface area contributed by atoms with Gasteiger partial charge in [-0.05, 0) is 55.0 Å². The lowest BCUT2D eigenvalue weighted by molar-refractivity contribution is 0.104. The number of benzene rings is 2. The van der Waals surface area contributed by atoms with Crippen molar-refractivity contribution in [3.8, 4) is 17.2 Å². The average molecular weight is 298 g/mol. The first-order valence-corrected chi connectivity index (χ1v) is 6.96. The Hall–Kier alpha value is -2.75. The molecule has 1 N–H and O–H groups in total. The average Bonchev–Trinajstić information content (AvgIpc) is 2.55. The molecule has 4 nitrogen and oxygen atoms in total. The van der Waals surface area contributed by atoms with Crippen LogP contribution in [0.2, 0.25) is 0 Å². The second-order valence-electron chi connectivity index (χ2n) is 4.59. The summed E-state index contributed by atoms with van der Waals surface area (Å²) in [7, 11) is 1.48. The van der Waals surface area contributed by atoms with Crippen LogP contribution in [0.5, 0.6) is 17.2 Å². The van der Waals surface area contributed by atoms with Crippen LogP contribution in [0.4, 0.5) is 0 Å². The predicted molar refractivity (Wildman–Crippen MR) is 85.6 cm³/mol. The number of ketones is 1. The number of hydrogen-bond acceptors (Lipinski definition) is 4. The summed E-state index contributed by atoms with van der Waals surface area (Å²) >= 11 is 0. The van der Waals surface area contributed by atoms with E-state index in [4.69, 9.17) is 9.47 Å². The molecule has 0 saturated heterocycles. The molecule has 0 spiro atoms. The SMILES string of the molecule is CCOc1ccc(C(=O)/C=C/c2ccc(O)c(OC)c2)cc1. The minimum Gasteiger partial charge on any atom is -0.504 e. The Morgan fingerprint density at radius 1 is 1.18 bits per heavy atom. The summed E-state index contributed by atoms with van der Waals surface area (Å²) in [5.74, 6) is 1.08. The summed E-state index contributed by atoms with van der Waals surface area (Å²) in [5, 5.41) is 9.53. The van der Waals surface area contributed by atoms with Gasteiger partial charge in [0.15, 0.2) is 17.3 Å². The standard InChI is InChI=1S/C18H18O4/c1-3-22-15-8-6-14(7-9-15)16(19)10-4-13-5-11-17(20)18(12-13)21-2/h4-12,20H,3H2,1-2H3/b10-4+. The second-order valence-corrected chi connectivity index (χ2v) is 4.59. The fourth-order valence-electron chi connectivity index (χ4n) is 1.95. The number of allylic oxidation sites excluding steroid dienone is 1. The molecule has 2 rings (SSSR count). The normalized spacial score (nSPS) is 10.6. The Labute approximate surface area is 129 Å². The topological polar surface area (TPSA) is 55.8 Å². The van der Waals surface area contributed by atoms with Gasteiger partial charge in [0.2, 0.25) is 0 Å². The van der Waals surface area contributed by atoms with Crippen molar-refractivity contribution in [1.29, 1.82) is 0 Å². The van der Waals surface area contributed by atoms with E-state index in [1.54, 1.807) is 42.5 Å². The number of aromatic hydroxyl groups is 1. The van der Waals surface area contributed by atoms with Crippen LogP contribution in [0, 0.1) is 0 Å². The van der Waals surface area contributed by atoms with Crippen LogP contribution < -0.4 is 9.47 Å². The van der Waals surface area contributed by atoms with Gasteiger partial charge in [-0.25, -0.2) is 0 Å². The van der Waals surface area contributed by atoms with Crippen molar-refractivity contribution >= 4 is 11.9 Å². The molecule has 0 aliphatic rings. The third-order valence-electron chi connectivity index (χ3n) is 3.08. The zero-order valence-corrected chi connectivity index (χ0v) is 12.6. The largest absolute Gasteiger partial charge is 0.504 e. The molecular formula is C18H18O4. The predicted octanol–water partition coefficient (Wildman–Crippen LogP) is 3.70. The van der Waals surface area contributed by atoms with E-state index < -0.39 is 0 Å². The molecule has 0 bridgehead atoms. The molecule has 0 aromatic heterocycles. The molecule has 2 aromatic rings. The van der Waals surface area contributed by atoms with Gasteiger partial charge in [0.25, 0.3) is 0 Å². The Bertz CT molecular complexity index is 672. The molecule has 0 fully saturated rings. The highest BCUT2D eigenvalue weighted by molar-refractivity contribution is 6.06. The first kappa shape index (κ1) is 15.6. The molecule has 2 aromatic carbocycles. The number of rotatable bonds is 6. The maximum Gasteiger partial charge on any atom is 0.185 e. The monoisotopic (exact) mass is 298 g/mol. The number of methoxy groups -OCH3 is 1. The van der Waals surface area contributed by atoms with E-state index in [1.807, 2.05) is 6.92 Å². The van der Waals surface area contributed by atoms with Crippen LogP contribution in [0.25, 0.3) is 6.08 Å². The van der Waals surface area contributed by atoms with Gasteiger partial charge in [-0.3, -0.25) is 4.79 Å². The minimum absolute atomic E-state index is 0.0671. The van der Waals surface area contributed by atoms with Crippen molar-refractivity contribution in [3.05, 3.63) is 59.7 Å². The van der Waals surface area contributed by atoms with Crippen LogP contribution in [-0.4, -0.2) is 24.6 Å². The highest BCUT2D eigenvalue weighted by Gasteiger charge is 2.04. The summed E-state index contributed by atoms with van der Waals surface area (Å²) in [4.78, 5) is 12.1. The highest BCUT2D eigenvalue weighted by atomic mass is 16.5. The first-order valence-electron chi connectivity index (χ1n) is 6.96. The van der Waals surface area contributed by atoms with E-state index in [0.717, 1.165) is 11.3 Å². The quantitative estimate of drug-likeness (QED) is 0.652. The molecule has 0 aliphatic heterocycles. The summed E-state index contributed by atoms with van der Waals surface area (Å²) in [6.07, 6.45) is 3.17. The summed E-state index contributed by atoms with van der Waals surface area (Å²) in [5.41, 5.74) is 1.36. The Balaban J connectivity index is 2.10. The van der Waals surface area contributed by atoms with Crippen molar-refractivity contribution in [2.75, 3.05) is 13.7 Å².